The lowest BCUT2D eigenvalue weighted by Gasteiger charge is -2.17. The van der Waals surface area contributed by atoms with Crippen LogP contribution in [-0.4, -0.2) is 36.6 Å². The Morgan fingerprint density at radius 2 is 2.15 bits per heavy atom. The van der Waals surface area contributed by atoms with Crippen LogP contribution in [0.4, 0.5) is 0 Å². The first-order valence-corrected chi connectivity index (χ1v) is 8.62. The molecule has 0 bridgehead atoms. The van der Waals surface area contributed by atoms with Crippen molar-refractivity contribution in [1.29, 1.82) is 0 Å². The Hall–Kier alpha value is -1.18. The maximum atomic E-state index is 12.0. The normalized spacial score (nSPS) is 12.7. The van der Waals surface area contributed by atoms with E-state index in [1.165, 1.54) is 21.7 Å². The van der Waals surface area contributed by atoms with Crippen molar-refractivity contribution >= 4 is 33.4 Å². The van der Waals surface area contributed by atoms with Gasteiger partial charge < -0.3 is 5.11 Å². The maximum Gasteiger partial charge on any atom is 0.328 e. The van der Waals surface area contributed by atoms with E-state index in [9.17, 15) is 13.2 Å². The fraction of sp³-hybridized carbons (Fsp3) is 0.462. The molecular weight excluding hydrogens is 298 g/mol. The lowest BCUT2D eigenvalue weighted by molar-refractivity contribution is -0.131. The van der Waals surface area contributed by atoms with E-state index in [0.717, 1.165) is 16.5 Å². The van der Waals surface area contributed by atoms with Gasteiger partial charge in [0.2, 0.25) is 10.0 Å². The first-order valence-electron chi connectivity index (χ1n) is 6.13. The van der Waals surface area contributed by atoms with Crippen LogP contribution in [0.5, 0.6) is 0 Å². The minimum Gasteiger partial charge on any atom is -0.478 e. The van der Waals surface area contributed by atoms with Crippen LogP contribution in [-0.2, 0) is 21.4 Å². The standard InChI is InChI=1S/C13H19NO4S2/c1-10(2)9-20(17,18)14(3)7-12-6-11(8-19-12)4-5-13(15)16/h4-6,8,10H,7,9H2,1-3H3,(H,15,16). The second-order valence-electron chi connectivity index (χ2n) is 4.95. The Bertz CT molecular complexity index is 587. The summed E-state index contributed by atoms with van der Waals surface area (Å²) in [6.45, 7) is 4.04. The summed E-state index contributed by atoms with van der Waals surface area (Å²) in [5.74, 6) is -0.796. The van der Waals surface area contributed by atoms with E-state index in [2.05, 4.69) is 0 Å². The highest BCUT2D eigenvalue weighted by Gasteiger charge is 2.19. The van der Waals surface area contributed by atoms with Crippen molar-refractivity contribution in [2.75, 3.05) is 12.8 Å². The summed E-state index contributed by atoms with van der Waals surface area (Å²) in [5.41, 5.74) is 0.766. The lowest BCUT2D eigenvalue weighted by Crippen LogP contribution is -2.30. The van der Waals surface area contributed by atoms with Gasteiger partial charge in [0.15, 0.2) is 0 Å². The Labute approximate surface area is 123 Å². The first-order chi connectivity index (χ1) is 9.20. The smallest absolute Gasteiger partial charge is 0.328 e. The molecule has 1 rings (SSSR count). The quantitative estimate of drug-likeness (QED) is 0.783. The molecule has 0 radical (unpaired) electrons. The van der Waals surface area contributed by atoms with Crippen LogP contribution >= 0.6 is 11.3 Å². The highest BCUT2D eigenvalue weighted by molar-refractivity contribution is 7.89. The molecule has 0 aliphatic heterocycles. The molecule has 1 N–H and O–H groups in total. The van der Waals surface area contributed by atoms with Crippen LogP contribution in [0.3, 0.4) is 0 Å². The lowest BCUT2D eigenvalue weighted by atomic mass is 10.3. The SMILES string of the molecule is CC(C)CS(=O)(=O)N(C)Cc1cc(C=CC(=O)O)cs1. The van der Waals surface area contributed by atoms with Crippen molar-refractivity contribution in [3.8, 4) is 0 Å². The van der Waals surface area contributed by atoms with Gasteiger partial charge in [-0.2, -0.15) is 4.31 Å². The molecule has 1 aromatic heterocycles. The topological polar surface area (TPSA) is 74.7 Å². The van der Waals surface area contributed by atoms with E-state index in [-0.39, 0.29) is 11.7 Å². The van der Waals surface area contributed by atoms with Crippen LogP contribution in [0, 0.1) is 5.92 Å². The third-order valence-corrected chi connectivity index (χ3v) is 5.60. The Morgan fingerprint density at radius 3 is 2.70 bits per heavy atom. The van der Waals surface area contributed by atoms with Crippen molar-refractivity contribution in [3.63, 3.8) is 0 Å². The summed E-state index contributed by atoms with van der Waals surface area (Å²) in [6, 6.07) is 1.80. The predicted octanol–water partition coefficient (Wildman–Crippen LogP) is 2.26. The monoisotopic (exact) mass is 317 g/mol. The highest BCUT2D eigenvalue weighted by atomic mass is 32.2. The molecule has 0 saturated heterocycles. The fourth-order valence-corrected chi connectivity index (χ4v) is 4.02. The van der Waals surface area contributed by atoms with Gasteiger partial charge in [0.25, 0.3) is 0 Å². The molecule has 1 heterocycles. The summed E-state index contributed by atoms with van der Waals surface area (Å²) < 4.78 is 25.3. The predicted molar refractivity (Wildman–Crippen MR) is 81.1 cm³/mol. The van der Waals surface area contributed by atoms with Gasteiger partial charge >= 0.3 is 5.97 Å². The average Bonchev–Trinajstić information content (AvgIpc) is 2.72. The number of carboxylic acid groups (broad SMARTS) is 1. The molecule has 0 fully saturated rings. The molecule has 1 aromatic rings. The molecule has 5 nitrogen and oxygen atoms in total. The van der Waals surface area contributed by atoms with Gasteiger partial charge in [-0.05, 0) is 29.0 Å². The zero-order valence-electron chi connectivity index (χ0n) is 11.7. The van der Waals surface area contributed by atoms with Gasteiger partial charge in [-0.3, -0.25) is 0 Å². The number of sulfonamides is 1. The second-order valence-corrected chi connectivity index (χ2v) is 8.06. The molecule has 7 heteroatoms. The van der Waals surface area contributed by atoms with Crippen molar-refractivity contribution in [3.05, 3.63) is 28.0 Å². The highest BCUT2D eigenvalue weighted by Crippen LogP contribution is 2.19. The van der Waals surface area contributed by atoms with Crippen LogP contribution in [0.15, 0.2) is 17.5 Å². The van der Waals surface area contributed by atoms with E-state index < -0.39 is 16.0 Å². The minimum absolute atomic E-state index is 0.0832. The molecular formula is C13H19NO4S2. The molecule has 0 aromatic carbocycles. The Balaban J connectivity index is 2.72. The van der Waals surface area contributed by atoms with Gasteiger partial charge in [0.05, 0.1) is 5.75 Å². The molecule has 0 spiro atoms. The van der Waals surface area contributed by atoms with E-state index in [4.69, 9.17) is 5.11 Å². The van der Waals surface area contributed by atoms with Crippen LogP contribution in [0.25, 0.3) is 6.08 Å². The summed E-state index contributed by atoms with van der Waals surface area (Å²) in [4.78, 5) is 11.3. The number of hydrogen-bond acceptors (Lipinski definition) is 4. The number of hydrogen-bond donors (Lipinski definition) is 1. The van der Waals surface area contributed by atoms with E-state index in [0.29, 0.717) is 6.54 Å². The largest absolute Gasteiger partial charge is 0.478 e. The van der Waals surface area contributed by atoms with Crippen LogP contribution in [0.1, 0.15) is 24.3 Å². The summed E-state index contributed by atoms with van der Waals surface area (Å²) in [6.07, 6.45) is 2.55. The third-order valence-electron chi connectivity index (χ3n) is 2.49. The first kappa shape index (κ1) is 16.9. The Kier molecular flexibility index (Phi) is 5.91. The van der Waals surface area contributed by atoms with Crippen molar-refractivity contribution in [2.24, 2.45) is 5.92 Å². The third kappa shape index (κ3) is 5.44. The molecule has 0 atom stereocenters. The molecule has 0 aliphatic carbocycles. The number of nitrogens with zero attached hydrogens (tertiary/aromatic N) is 1. The average molecular weight is 317 g/mol. The minimum atomic E-state index is -3.25. The number of carbonyl (C=O) groups is 1. The van der Waals surface area contributed by atoms with Crippen LogP contribution in [0.2, 0.25) is 0 Å². The molecule has 0 amide bonds. The molecule has 0 saturated carbocycles. The van der Waals surface area contributed by atoms with Gasteiger partial charge in [0.1, 0.15) is 0 Å². The summed E-state index contributed by atoms with van der Waals surface area (Å²) in [5, 5.41) is 10.3. The molecule has 20 heavy (non-hydrogen) atoms. The maximum absolute atomic E-state index is 12.0. The summed E-state index contributed by atoms with van der Waals surface area (Å²) >= 11 is 1.41. The Morgan fingerprint density at radius 1 is 1.50 bits per heavy atom. The van der Waals surface area contributed by atoms with Gasteiger partial charge in [-0.15, -0.1) is 11.3 Å². The molecule has 112 valence electrons. The zero-order valence-corrected chi connectivity index (χ0v) is 13.4. The van der Waals surface area contributed by atoms with E-state index in [1.807, 2.05) is 13.8 Å². The van der Waals surface area contributed by atoms with Crippen molar-refractivity contribution in [1.82, 2.24) is 4.31 Å². The summed E-state index contributed by atoms with van der Waals surface area (Å²) in [7, 11) is -1.69. The van der Waals surface area contributed by atoms with Crippen molar-refractivity contribution < 1.29 is 18.3 Å². The van der Waals surface area contributed by atoms with Crippen molar-refractivity contribution in [2.45, 2.75) is 20.4 Å². The fourth-order valence-electron chi connectivity index (χ4n) is 1.60. The van der Waals surface area contributed by atoms with Crippen LogP contribution < -0.4 is 0 Å². The number of thiophene rings is 1. The van der Waals surface area contributed by atoms with Gasteiger partial charge in [0, 0.05) is 24.5 Å². The van der Waals surface area contributed by atoms with E-state index in [1.54, 1.807) is 18.5 Å². The van der Waals surface area contributed by atoms with Gasteiger partial charge in [-0.25, -0.2) is 13.2 Å². The molecule has 0 unspecified atom stereocenters. The number of carboxylic acids is 1. The zero-order chi connectivity index (χ0) is 15.3. The van der Waals surface area contributed by atoms with Gasteiger partial charge in [-0.1, -0.05) is 13.8 Å². The number of rotatable bonds is 7. The molecule has 0 aliphatic rings. The second kappa shape index (κ2) is 7.01. The number of aliphatic carboxylic acids is 1. The van der Waals surface area contributed by atoms with E-state index >= 15 is 0 Å².